The van der Waals surface area contributed by atoms with Crippen molar-refractivity contribution in [3.63, 3.8) is 0 Å². The van der Waals surface area contributed by atoms with Crippen molar-refractivity contribution in [3.8, 4) is 0 Å². The number of nitrogens with two attached hydrogens (primary N) is 1. The molecule has 3 N–H and O–H groups in total. The van der Waals surface area contributed by atoms with Crippen molar-refractivity contribution in [2.24, 2.45) is 10.9 Å². The largest absolute Gasteiger partial charge is 0.409 e. The monoisotopic (exact) mass is 271 g/mol. The number of benzene rings is 1. The van der Waals surface area contributed by atoms with Gasteiger partial charge in [-0.05, 0) is 18.6 Å². The summed E-state index contributed by atoms with van der Waals surface area (Å²) < 4.78 is 25.8. The van der Waals surface area contributed by atoms with E-state index in [-0.39, 0.29) is 17.3 Å². The van der Waals surface area contributed by atoms with Gasteiger partial charge in [-0.1, -0.05) is 30.3 Å². The lowest BCUT2D eigenvalue weighted by atomic mass is 10.4. The van der Waals surface area contributed by atoms with E-state index in [2.05, 4.69) is 5.16 Å². The van der Waals surface area contributed by atoms with Gasteiger partial charge in [0.15, 0.2) is 5.84 Å². The Bertz CT molecular complexity index is 500. The van der Waals surface area contributed by atoms with Gasteiger partial charge in [0, 0.05) is 6.54 Å². The van der Waals surface area contributed by atoms with Crippen LogP contribution in [0.15, 0.2) is 40.4 Å². The van der Waals surface area contributed by atoms with Gasteiger partial charge in [0.05, 0.1) is 11.4 Å². The van der Waals surface area contributed by atoms with E-state index in [9.17, 15) is 8.42 Å². The molecule has 1 aromatic carbocycles. The molecule has 0 saturated heterocycles. The number of hydrogen-bond acceptors (Lipinski definition) is 4. The molecular formula is C11H17N3O3S. The first-order valence-electron chi connectivity index (χ1n) is 5.54. The Hall–Kier alpha value is -1.60. The number of rotatable bonds is 6. The Balaban J connectivity index is 3.05. The van der Waals surface area contributed by atoms with Gasteiger partial charge in [-0.2, -0.15) is 4.31 Å². The third-order valence-corrected chi connectivity index (χ3v) is 4.18. The van der Waals surface area contributed by atoms with E-state index in [0.717, 1.165) is 0 Å². The maximum Gasteiger partial charge on any atom is 0.243 e. The number of sulfonamides is 1. The molecule has 0 spiro atoms. The van der Waals surface area contributed by atoms with Crippen molar-refractivity contribution in [2.45, 2.75) is 18.2 Å². The smallest absolute Gasteiger partial charge is 0.243 e. The molecule has 7 heteroatoms. The van der Waals surface area contributed by atoms with Gasteiger partial charge in [0.1, 0.15) is 0 Å². The predicted molar refractivity (Wildman–Crippen MR) is 68.9 cm³/mol. The summed E-state index contributed by atoms with van der Waals surface area (Å²) in [7, 11) is -3.61. The molecule has 1 rings (SSSR count). The van der Waals surface area contributed by atoms with E-state index in [1.165, 1.54) is 16.4 Å². The molecule has 0 fully saturated rings. The molecule has 6 nitrogen and oxygen atoms in total. The van der Waals surface area contributed by atoms with Crippen LogP contribution in [0.2, 0.25) is 0 Å². The van der Waals surface area contributed by atoms with Crippen LogP contribution in [0.1, 0.15) is 13.3 Å². The summed E-state index contributed by atoms with van der Waals surface area (Å²) in [6, 6.07) is 8.09. The highest BCUT2D eigenvalue weighted by Crippen LogP contribution is 2.15. The van der Waals surface area contributed by atoms with Gasteiger partial charge in [-0.3, -0.25) is 0 Å². The number of amidine groups is 1. The summed E-state index contributed by atoms with van der Waals surface area (Å²) in [5.41, 5.74) is 5.37. The van der Waals surface area contributed by atoms with Gasteiger partial charge in [0.25, 0.3) is 0 Å². The van der Waals surface area contributed by atoms with E-state index in [4.69, 9.17) is 10.9 Å². The number of nitrogens with zero attached hydrogens (tertiary/aromatic N) is 2. The summed E-state index contributed by atoms with van der Waals surface area (Å²) >= 11 is 0. The Morgan fingerprint density at radius 1 is 1.39 bits per heavy atom. The summed E-state index contributed by atoms with van der Waals surface area (Å²) in [5.74, 6) is -0.136. The topological polar surface area (TPSA) is 96.0 Å². The second-order valence-electron chi connectivity index (χ2n) is 3.74. The third kappa shape index (κ3) is 3.44. The minimum atomic E-state index is -3.61. The molecule has 0 bridgehead atoms. The predicted octanol–water partition coefficient (Wildman–Crippen LogP) is 0.834. The van der Waals surface area contributed by atoms with Gasteiger partial charge in [0.2, 0.25) is 10.0 Å². The molecule has 0 radical (unpaired) electrons. The van der Waals surface area contributed by atoms with E-state index in [1.54, 1.807) is 18.2 Å². The van der Waals surface area contributed by atoms with Crippen molar-refractivity contribution >= 4 is 15.9 Å². The molecule has 0 aromatic heterocycles. The quantitative estimate of drug-likeness (QED) is 0.347. The summed E-state index contributed by atoms with van der Waals surface area (Å²) in [4.78, 5) is 0.198. The summed E-state index contributed by atoms with van der Waals surface area (Å²) in [6.07, 6.45) is 0.644. The first kappa shape index (κ1) is 14.5. The zero-order valence-corrected chi connectivity index (χ0v) is 11.0. The van der Waals surface area contributed by atoms with Crippen LogP contribution in [0.4, 0.5) is 0 Å². The van der Waals surface area contributed by atoms with Crippen LogP contribution in [-0.4, -0.2) is 36.9 Å². The Labute approximate surface area is 107 Å². The van der Waals surface area contributed by atoms with Gasteiger partial charge < -0.3 is 10.9 Å². The fraction of sp³-hybridized carbons (Fsp3) is 0.364. The van der Waals surface area contributed by atoms with Crippen molar-refractivity contribution in [1.29, 1.82) is 0 Å². The first-order chi connectivity index (χ1) is 8.52. The van der Waals surface area contributed by atoms with Crippen LogP contribution >= 0.6 is 0 Å². The van der Waals surface area contributed by atoms with Crippen LogP contribution in [0.25, 0.3) is 0 Å². The van der Waals surface area contributed by atoms with Crippen molar-refractivity contribution in [1.82, 2.24) is 4.31 Å². The average Bonchev–Trinajstić information content (AvgIpc) is 2.39. The second kappa shape index (κ2) is 6.36. The van der Waals surface area contributed by atoms with Crippen molar-refractivity contribution in [3.05, 3.63) is 30.3 Å². The summed E-state index contributed by atoms with van der Waals surface area (Å²) in [5, 5.41) is 11.3. The number of oxime groups is 1. The SMILES string of the molecule is CCCN(CC(N)=NO)S(=O)(=O)c1ccccc1. The molecule has 18 heavy (non-hydrogen) atoms. The lowest BCUT2D eigenvalue weighted by Crippen LogP contribution is -2.39. The maximum absolute atomic E-state index is 12.3. The molecule has 0 aliphatic carbocycles. The minimum Gasteiger partial charge on any atom is -0.409 e. The fourth-order valence-electron chi connectivity index (χ4n) is 1.49. The molecule has 0 amide bonds. The highest BCUT2D eigenvalue weighted by atomic mass is 32.2. The van der Waals surface area contributed by atoms with E-state index in [1.807, 2.05) is 6.92 Å². The van der Waals surface area contributed by atoms with Crippen LogP contribution in [0, 0.1) is 0 Å². The summed E-state index contributed by atoms with van der Waals surface area (Å²) in [6.45, 7) is 2.05. The highest BCUT2D eigenvalue weighted by molar-refractivity contribution is 7.89. The Kier molecular flexibility index (Phi) is 5.11. The van der Waals surface area contributed by atoms with Crippen LogP contribution < -0.4 is 5.73 Å². The average molecular weight is 271 g/mol. The van der Waals surface area contributed by atoms with Gasteiger partial charge in [-0.25, -0.2) is 8.42 Å². The standard InChI is InChI=1S/C11H17N3O3S/c1-2-8-14(9-11(12)13-15)18(16,17)10-6-4-3-5-7-10/h3-7,15H,2,8-9H2,1H3,(H2,12,13). The molecular weight excluding hydrogens is 254 g/mol. The van der Waals surface area contributed by atoms with Crippen LogP contribution in [0.3, 0.4) is 0 Å². The van der Waals surface area contributed by atoms with E-state index in [0.29, 0.717) is 13.0 Å². The molecule has 1 aromatic rings. The molecule has 0 aliphatic heterocycles. The fourth-order valence-corrected chi connectivity index (χ4v) is 3.01. The molecule has 0 heterocycles. The number of hydrogen-bond donors (Lipinski definition) is 2. The van der Waals surface area contributed by atoms with Crippen LogP contribution in [0.5, 0.6) is 0 Å². The van der Waals surface area contributed by atoms with E-state index >= 15 is 0 Å². The zero-order valence-electron chi connectivity index (χ0n) is 10.2. The third-order valence-electron chi connectivity index (χ3n) is 2.32. The highest BCUT2D eigenvalue weighted by Gasteiger charge is 2.24. The second-order valence-corrected chi connectivity index (χ2v) is 5.68. The molecule has 0 aliphatic rings. The normalized spacial score (nSPS) is 12.9. The lowest BCUT2D eigenvalue weighted by Gasteiger charge is -2.20. The molecule has 0 saturated carbocycles. The Morgan fingerprint density at radius 3 is 2.50 bits per heavy atom. The maximum atomic E-state index is 12.3. The van der Waals surface area contributed by atoms with Crippen LogP contribution in [-0.2, 0) is 10.0 Å². The first-order valence-corrected chi connectivity index (χ1v) is 6.98. The molecule has 0 unspecified atom stereocenters. The zero-order chi connectivity index (χ0) is 13.6. The van der Waals surface area contributed by atoms with Crippen molar-refractivity contribution < 1.29 is 13.6 Å². The Morgan fingerprint density at radius 2 is 2.00 bits per heavy atom. The molecule has 100 valence electrons. The van der Waals surface area contributed by atoms with E-state index < -0.39 is 10.0 Å². The van der Waals surface area contributed by atoms with Gasteiger partial charge in [-0.15, -0.1) is 0 Å². The van der Waals surface area contributed by atoms with Crippen molar-refractivity contribution in [2.75, 3.05) is 13.1 Å². The lowest BCUT2D eigenvalue weighted by molar-refractivity contribution is 0.314. The minimum absolute atomic E-state index is 0.123. The van der Waals surface area contributed by atoms with Gasteiger partial charge >= 0.3 is 0 Å². The molecule has 0 atom stereocenters.